The molecule has 2 heterocycles. The number of hydrogen-bond acceptors (Lipinski definition) is 5. The van der Waals surface area contributed by atoms with E-state index in [1.165, 1.54) is 11.8 Å². The van der Waals surface area contributed by atoms with Crippen LogP contribution in [-0.4, -0.2) is 45.8 Å². The monoisotopic (exact) mass is 425 g/mol. The van der Waals surface area contributed by atoms with Crippen LogP contribution in [0.25, 0.3) is 0 Å². The van der Waals surface area contributed by atoms with Crippen molar-refractivity contribution >= 4 is 35.0 Å². The fraction of sp³-hybridized carbons (Fsp3) is 0.391. The van der Waals surface area contributed by atoms with Gasteiger partial charge < -0.3 is 10.2 Å². The number of benzene rings is 1. The van der Waals surface area contributed by atoms with E-state index in [4.69, 9.17) is 0 Å². The number of rotatable bonds is 7. The lowest BCUT2D eigenvalue weighted by molar-refractivity contribution is -0.118. The maximum atomic E-state index is 12.7. The first-order valence-electron chi connectivity index (χ1n) is 10.2. The van der Waals surface area contributed by atoms with Crippen LogP contribution in [0, 0.1) is 5.92 Å². The number of ketones is 1. The molecular formula is C23H27N3O3S. The molecule has 2 aromatic rings. The smallest absolute Gasteiger partial charge is 0.255 e. The summed E-state index contributed by atoms with van der Waals surface area (Å²) in [6.07, 6.45) is 3.70. The molecule has 1 saturated heterocycles. The van der Waals surface area contributed by atoms with Crippen molar-refractivity contribution in [3.05, 3.63) is 53.7 Å². The first kappa shape index (κ1) is 22.0. The van der Waals surface area contributed by atoms with E-state index in [9.17, 15) is 14.4 Å². The Labute approximate surface area is 181 Å². The first-order valence-corrected chi connectivity index (χ1v) is 11.1. The predicted octanol–water partition coefficient (Wildman–Crippen LogP) is 4.28. The van der Waals surface area contributed by atoms with Gasteiger partial charge in [-0.2, -0.15) is 0 Å². The van der Waals surface area contributed by atoms with Crippen molar-refractivity contribution < 1.29 is 14.4 Å². The summed E-state index contributed by atoms with van der Waals surface area (Å²) in [5, 5.41) is 3.19. The summed E-state index contributed by atoms with van der Waals surface area (Å²) in [6, 6.07) is 10.5. The Morgan fingerprint density at radius 3 is 2.17 bits per heavy atom. The number of pyridine rings is 1. The van der Waals surface area contributed by atoms with E-state index in [1.54, 1.807) is 42.6 Å². The summed E-state index contributed by atoms with van der Waals surface area (Å²) in [5.41, 5.74) is 1.84. The van der Waals surface area contributed by atoms with Crippen molar-refractivity contribution in [3.63, 3.8) is 0 Å². The van der Waals surface area contributed by atoms with Crippen molar-refractivity contribution in [3.8, 4) is 0 Å². The fourth-order valence-corrected chi connectivity index (χ4v) is 4.02. The average molecular weight is 426 g/mol. The second-order valence-corrected chi connectivity index (χ2v) is 9.09. The van der Waals surface area contributed by atoms with Gasteiger partial charge in [-0.05, 0) is 56.2 Å². The van der Waals surface area contributed by atoms with Gasteiger partial charge in [-0.3, -0.25) is 14.4 Å². The molecule has 0 saturated carbocycles. The van der Waals surface area contributed by atoms with Crippen LogP contribution in [0.1, 0.15) is 54.3 Å². The average Bonchev–Trinajstić information content (AvgIpc) is 3.28. The Bertz CT molecular complexity index is 904. The highest BCUT2D eigenvalue weighted by atomic mass is 32.2. The normalized spacial score (nSPS) is 14.6. The molecule has 6 nitrogen and oxygen atoms in total. The Kier molecular flexibility index (Phi) is 7.26. The minimum Gasteiger partial charge on any atom is -0.339 e. The minimum absolute atomic E-state index is 0.0132. The zero-order valence-corrected chi connectivity index (χ0v) is 18.4. The van der Waals surface area contributed by atoms with E-state index >= 15 is 0 Å². The van der Waals surface area contributed by atoms with Crippen LogP contribution in [0.5, 0.6) is 0 Å². The van der Waals surface area contributed by atoms with Gasteiger partial charge in [0.25, 0.3) is 5.91 Å². The molecule has 1 aliphatic rings. The van der Waals surface area contributed by atoms with Crippen molar-refractivity contribution in [1.82, 2.24) is 9.88 Å². The highest BCUT2D eigenvalue weighted by Crippen LogP contribution is 2.25. The number of Topliss-reactive ketones (excluding diaryl/α,β-unsaturated/α-hetero) is 1. The summed E-state index contributed by atoms with van der Waals surface area (Å²) in [7, 11) is 0. The molecule has 0 spiro atoms. The van der Waals surface area contributed by atoms with E-state index in [0.717, 1.165) is 25.9 Å². The summed E-state index contributed by atoms with van der Waals surface area (Å²) >= 11 is 1.36. The number of aromatic nitrogens is 1. The van der Waals surface area contributed by atoms with E-state index in [-0.39, 0.29) is 28.8 Å². The summed E-state index contributed by atoms with van der Waals surface area (Å²) in [5.74, 6) is -0.158. The molecule has 1 aromatic heterocycles. The SMILES string of the molecule is CC(C)C(=O)Nc1ccc(C(=O)[C@@H](C)Sc2ccc(C(=O)N3CCCC3)cn2)cc1. The van der Waals surface area contributed by atoms with Crippen molar-refractivity contribution in [1.29, 1.82) is 0 Å². The maximum Gasteiger partial charge on any atom is 0.255 e. The third-order valence-electron chi connectivity index (χ3n) is 5.00. The highest BCUT2D eigenvalue weighted by Gasteiger charge is 2.21. The summed E-state index contributed by atoms with van der Waals surface area (Å²) in [6.45, 7) is 7.11. The van der Waals surface area contributed by atoms with Crippen LogP contribution >= 0.6 is 11.8 Å². The van der Waals surface area contributed by atoms with Crippen LogP contribution in [0.4, 0.5) is 5.69 Å². The Hall–Kier alpha value is -2.67. The fourth-order valence-electron chi connectivity index (χ4n) is 3.15. The zero-order valence-electron chi connectivity index (χ0n) is 17.6. The Morgan fingerprint density at radius 1 is 0.967 bits per heavy atom. The topological polar surface area (TPSA) is 79.4 Å². The molecule has 0 unspecified atom stereocenters. The molecule has 0 bridgehead atoms. The number of nitrogens with zero attached hydrogens (tertiary/aromatic N) is 2. The van der Waals surface area contributed by atoms with E-state index < -0.39 is 0 Å². The van der Waals surface area contributed by atoms with Gasteiger partial charge in [0, 0.05) is 36.5 Å². The predicted molar refractivity (Wildman–Crippen MR) is 119 cm³/mol. The number of likely N-dealkylation sites (tertiary alicyclic amines) is 1. The summed E-state index contributed by atoms with van der Waals surface area (Å²) in [4.78, 5) is 43.1. The van der Waals surface area contributed by atoms with E-state index in [2.05, 4.69) is 10.3 Å². The summed E-state index contributed by atoms with van der Waals surface area (Å²) < 4.78 is 0. The third kappa shape index (κ3) is 5.48. The zero-order chi connectivity index (χ0) is 21.7. The van der Waals surface area contributed by atoms with Gasteiger partial charge in [0.05, 0.1) is 15.8 Å². The molecule has 2 amide bonds. The molecule has 1 atom stereocenters. The molecule has 1 fully saturated rings. The van der Waals surface area contributed by atoms with Crippen LogP contribution in [0.3, 0.4) is 0 Å². The van der Waals surface area contributed by atoms with Crippen LogP contribution < -0.4 is 5.32 Å². The van der Waals surface area contributed by atoms with Gasteiger partial charge in [0.15, 0.2) is 5.78 Å². The van der Waals surface area contributed by atoms with E-state index in [1.807, 2.05) is 25.7 Å². The van der Waals surface area contributed by atoms with Crippen LogP contribution in [-0.2, 0) is 4.79 Å². The highest BCUT2D eigenvalue weighted by molar-refractivity contribution is 8.00. The minimum atomic E-state index is -0.325. The molecule has 3 rings (SSSR count). The van der Waals surface area contributed by atoms with Crippen molar-refractivity contribution in [2.45, 2.75) is 43.9 Å². The number of nitrogens with one attached hydrogen (secondary N) is 1. The molecule has 0 aliphatic carbocycles. The van der Waals surface area contributed by atoms with Gasteiger partial charge in [-0.15, -0.1) is 0 Å². The van der Waals surface area contributed by atoms with Crippen LogP contribution in [0.15, 0.2) is 47.6 Å². The number of thioether (sulfide) groups is 1. The molecule has 0 radical (unpaired) electrons. The lowest BCUT2D eigenvalue weighted by Gasteiger charge is -2.15. The van der Waals surface area contributed by atoms with Gasteiger partial charge >= 0.3 is 0 Å². The first-order chi connectivity index (χ1) is 14.3. The lowest BCUT2D eigenvalue weighted by atomic mass is 10.1. The van der Waals surface area contributed by atoms with E-state index in [0.29, 0.717) is 21.8 Å². The second-order valence-electron chi connectivity index (χ2n) is 7.73. The van der Waals surface area contributed by atoms with Gasteiger partial charge in [-0.1, -0.05) is 25.6 Å². The maximum absolute atomic E-state index is 12.7. The second kappa shape index (κ2) is 9.89. The van der Waals surface area contributed by atoms with Gasteiger partial charge in [-0.25, -0.2) is 4.98 Å². The number of amides is 2. The van der Waals surface area contributed by atoms with Crippen molar-refractivity contribution in [2.24, 2.45) is 5.92 Å². The Morgan fingerprint density at radius 2 is 1.60 bits per heavy atom. The number of hydrogen-bond donors (Lipinski definition) is 1. The quantitative estimate of drug-likeness (QED) is 0.529. The molecule has 1 aromatic carbocycles. The lowest BCUT2D eigenvalue weighted by Crippen LogP contribution is -2.27. The largest absolute Gasteiger partial charge is 0.339 e. The molecule has 7 heteroatoms. The molecule has 1 aliphatic heterocycles. The number of anilines is 1. The van der Waals surface area contributed by atoms with Crippen LogP contribution in [0.2, 0.25) is 0 Å². The van der Waals surface area contributed by atoms with Gasteiger partial charge in [0.1, 0.15) is 0 Å². The molecule has 1 N–H and O–H groups in total. The molecule has 30 heavy (non-hydrogen) atoms. The Balaban J connectivity index is 1.58. The molecule has 158 valence electrons. The van der Waals surface area contributed by atoms with Gasteiger partial charge in [0.2, 0.25) is 5.91 Å². The third-order valence-corrected chi connectivity index (χ3v) is 6.06. The number of carbonyl (C=O) groups excluding carboxylic acids is 3. The molecular weight excluding hydrogens is 398 g/mol. The standard InChI is InChI=1S/C23H27N3O3S/c1-15(2)22(28)25-19-9-6-17(7-10-19)21(27)16(3)30-20-11-8-18(14-24-20)23(29)26-12-4-5-13-26/h6-11,14-16H,4-5,12-13H2,1-3H3,(H,25,28)/t16-/m1/s1. The van der Waals surface area contributed by atoms with Crippen molar-refractivity contribution in [2.75, 3.05) is 18.4 Å². The number of carbonyl (C=O) groups is 3.